The van der Waals surface area contributed by atoms with Gasteiger partial charge in [-0.25, -0.2) is 0 Å². The Morgan fingerprint density at radius 2 is 2.12 bits per heavy atom. The number of halogens is 1. The van der Waals surface area contributed by atoms with Crippen LogP contribution in [0, 0.1) is 0 Å². The molecule has 0 fully saturated rings. The molecule has 1 aliphatic carbocycles. The summed E-state index contributed by atoms with van der Waals surface area (Å²) in [5, 5.41) is 3.76. The average molecular weight is 344 g/mol. The molecule has 24 heavy (non-hydrogen) atoms. The van der Waals surface area contributed by atoms with Crippen LogP contribution in [0.3, 0.4) is 0 Å². The van der Waals surface area contributed by atoms with Gasteiger partial charge in [0.25, 0.3) is 5.91 Å². The molecule has 0 heterocycles. The smallest absolute Gasteiger partial charge is 0.261 e. The lowest BCUT2D eigenvalue weighted by Crippen LogP contribution is -2.40. The molecule has 2 atom stereocenters. The van der Waals surface area contributed by atoms with E-state index in [9.17, 15) is 4.79 Å². The summed E-state index contributed by atoms with van der Waals surface area (Å²) >= 11 is 5.98. The van der Waals surface area contributed by atoms with Gasteiger partial charge in [0, 0.05) is 5.02 Å². The van der Waals surface area contributed by atoms with Gasteiger partial charge in [0.2, 0.25) is 0 Å². The second-order valence-corrected chi connectivity index (χ2v) is 6.56. The van der Waals surface area contributed by atoms with Crippen LogP contribution in [0.15, 0.2) is 48.5 Å². The largest absolute Gasteiger partial charge is 0.481 e. The fraction of sp³-hybridized carbons (Fsp3) is 0.350. The molecule has 126 valence electrons. The second kappa shape index (κ2) is 7.71. The molecular formula is C20H22ClNO2. The highest BCUT2D eigenvalue weighted by atomic mass is 35.5. The first-order valence-corrected chi connectivity index (χ1v) is 8.85. The molecule has 0 saturated heterocycles. The highest BCUT2D eigenvalue weighted by Crippen LogP contribution is 2.29. The number of carbonyl (C=O) groups excluding carboxylic acids is 1. The van der Waals surface area contributed by atoms with Crippen molar-refractivity contribution >= 4 is 17.5 Å². The summed E-state index contributed by atoms with van der Waals surface area (Å²) in [7, 11) is 0. The van der Waals surface area contributed by atoms with Gasteiger partial charge in [0.1, 0.15) is 5.75 Å². The molecule has 0 radical (unpaired) electrons. The van der Waals surface area contributed by atoms with Crippen molar-refractivity contribution in [1.29, 1.82) is 0 Å². The van der Waals surface area contributed by atoms with Gasteiger partial charge in [0.15, 0.2) is 6.10 Å². The van der Waals surface area contributed by atoms with E-state index in [2.05, 4.69) is 23.5 Å². The fourth-order valence-electron chi connectivity index (χ4n) is 3.20. The summed E-state index contributed by atoms with van der Waals surface area (Å²) < 4.78 is 5.84. The van der Waals surface area contributed by atoms with Crippen LogP contribution < -0.4 is 10.1 Å². The quantitative estimate of drug-likeness (QED) is 0.855. The molecular weight excluding hydrogens is 322 g/mol. The first-order valence-electron chi connectivity index (χ1n) is 8.47. The van der Waals surface area contributed by atoms with Crippen molar-refractivity contribution in [2.24, 2.45) is 0 Å². The van der Waals surface area contributed by atoms with Crippen LogP contribution in [-0.4, -0.2) is 12.0 Å². The van der Waals surface area contributed by atoms with Crippen LogP contribution in [0.4, 0.5) is 0 Å². The van der Waals surface area contributed by atoms with E-state index in [0.717, 1.165) is 19.3 Å². The number of hydrogen-bond acceptors (Lipinski definition) is 2. The molecule has 0 aromatic heterocycles. The van der Waals surface area contributed by atoms with E-state index in [4.69, 9.17) is 16.3 Å². The monoisotopic (exact) mass is 343 g/mol. The normalized spacial score (nSPS) is 17.7. The number of rotatable bonds is 5. The maximum atomic E-state index is 12.7. The fourth-order valence-corrected chi connectivity index (χ4v) is 3.38. The third-order valence-electron chi connectivity index (χ3n) is 4.42. The summed E-state index contributed by atoms with van der Waals surface area (Å²) in [5.74, 6) is 0.549. The number of amides is 1. The van der Waals surface area contributed by atoms with Crippen molar-refractivity contribution in [3.05, 3.63) is 64.7 Å². The van der Waals surface area contributed by atoms with E-state index in [-0.39, 0.29) is 11.9 Å². The third-order valence-corrected chi connectivity index (χ3v) is 4.66. The predicted molar refractivity (Wildman–Crippen MR) is 96.4 cm³/mol. The average Bonchev–Trinajstić information content (AvgIpc) is 2.60. The summed E-state index contributed by atoms with van der Waals surface area (Å²) in [6.07, 6.45) is 3.23. The maximum Gasteiger partial charge on any atom is 0.261 e. The summed E-state index contributed by atoms with van der Waals surface area (Å²) in [6, 6.07) is 15.6. The zero-order chi connectivity index (χ0) is 16.9. The van der Waals surface area contributed by atoms with Gasteiger partial charge in [-0.3, -0.25) is 4.79 Å². The van der Waals surface area contributed by atoms with Crippen molar-refractivity contribution in [2.45, 2.75) is 44.8 Å². The van der Waals surface area contributed by atoms with Gasteiger partial charge in [-0.05, 0) is 55.0 Å². The number of aryl methyl sites for hydroxylation is 1. The molecule has 1 aliphatic rings. The molecule has 3 rings (SSSR count). The number of carbonyl (C=O) groups is 1. The zero-order valence-corrected chi connectivity index (χ0v) is 14.6. The second-order valence-electron chi connectivity index (χ2n) is 6.12. The Bertz CT molecular complexity index is 716. The molecule has 0 bridgehead atoms. The Morgan fingerprint density at radius 1 is 1.29 bits per heavy atom. The number of benzene rings is 2. The minimum absolute atomic E-state index is 0.0689. The Labute approximate surface area is 148 Å². The molecule has 0 saturated carbocycles. The summed E-state index contributed by atoms with van der Waals surface area (Å²) in [4.78, 5) is 12.7. The van der Waals surface area contributed by atoms with E-state index in [0.29, 0.717) is 17.2 Å². The minimum Gasteiger partial charge on any atom is -0.481 e. The maximum absolute atomic E-state index is 12.7. The SMILES string of the molecule is CCC(Oc1cccc(Cl)c1)C(=O)NC1CCCc2ccccc21. The Hall–Kier alpha value is -2.00. The molecule has 0 spiro atoms. The van der Waals surface area contributed by atoms with Crippen molar-refractivity contribution in [1.82, 2.24) is 5.32 Å². The van der Waals surface area contributed by atoms with Crippen molar-refractivity contribution in [3.63, 3.8) is 0 Å². The number of fused-ring (bicyclic) bond motifs is 1. The van der Waals surface area contributed by atoms with Crippen LogP contribution in [0.5, 0.6) is 5.75 Å². The molecule has 3 nitrogen and oxygen atoms in total. The first-order chi connectivity index (χ1) is 11.7. The Kier molecular flexibility index (Phi) is 5.41. The highest BCUT2D eigenvalue weighted by molar-refractivity contribution is 6.30. The number of hydrogen-bond donors (Lipinski definition) is 1. The molecule has 2 aromatic carbocycles. The van der Waals surface area contributed by atoms with E-state index < -0.39 is 6.10 Å². The van der Waals surface area contributed by atoms with Gasteiger partial charge in [-0.2, -0.15) is 0 Å². The van der Waals surface area contributed by atoms with E-state index in [1.807, 2.05) is 25.1 Å². The van der Waals surface area contributed by atoms with Crippen LogP contribution in [0.1, 0.15) is 43.4 Å². The lowest BCUT2D eigenvalue weighted by Gasteiger charge is -2.28. The van der Waals surface area contributed by atoms with Crippen LogP contribution >= 0.6 is 11.6 Å². The molecule has 4 heteroatoms. The van der Waals surface area contributed by atoms with Crippen LogP contribution in [0.25, 0.3) is 0 Å². The molecule has 2 aromatic rings. The van der Waals surface area contributed by atoms with Crippen molar-refractivity contribution in [3.8, 4) is 5.75 Å². The van der Waals surface area contributed by atoms with Gasteiger partial charge >= 0.3 is 0 Å². The standard InChI is InChI=1S/C20H22ClNO2/c1-2-19(24-16-10-6-9-15(21)13-16)20(23)22-18-12-5-8-14-7-3-4-11-17(14)18/h3-4,6-7,9-11,13,18-19H,2,5,8,12H2,1H3,(H,22,23). The van der Waals surface area contributed by atoms with E-state index in [1.54, 1.807) is 12.1 Å². The van der Waals surface area contributed by atoms with Gasteiger partial charge in [-0.1, -0.05) is 48.9 Å². The van der Waals surface area contributed by atoms with Gasteiger partial charge in [-0.15, -0.1) is 0 Å². The summed E-state index contributed by atoms with van der Waals surface area (Å²) in [5.41, 5.74) is 2.56. The zero-order valence-electron chi connectivity index (χ0n) is 13.8. The third kappa shape index (κ3) is 3.90. The lowest BCUT2D eigenvalue weighted by molar-refractivity contribution is -0.129. The van der Waals surface area contributed by atoms with Gasteiger partial charge in [0.05, 0.1) is 6.04 Å². The van der Waals surface area contributed by atoms with Crippen LogP contribution in [0.2, 0.25) is 5.02 Å². The summed E-state index contributed by atoms with van der Waals surface area (Å²) in [6.45, 7) is 1.95. The molecule has 2 unspecified atom stereocenters. The Morgan fingerprint density at radius 3 is 2.92 bits per heavy atom. The lowest BCUT2D eigenvalue weighted by atomic mass is 9.87. The highest BCUT2D eigenvalue weighted by Gasteiger charge is 2.25. The molecule has 0 aliphatic heterocycles. The van der Waals surface area contributed by atoms with Crippen LogP contribution in [-0.2, 0) is 11.2 Å². The first kappa shape index (κ1) is 16.8. The number of nitrogens with one attached hydrogen (secondary N) is 1. The van der Waals surface area contributed by atoms with Crippen molar-refractivity contribution < 1.29 is 9.53 Å². The van der Waals surface area contributed by atoms with E-state index in [1.165, 1.54) is 11.1 Å². The van der Waals surface area contributed by atoms with Gasteiger partial charge < -0.3 is 10.1 Å². The topological polar surface area (TPSA) is 38.3 Å². The van der Waals surface area contributed by atoms with E-state index >= 15 is 0 Å². The number of ether oxygens (including phenoxy) is 1. The molecule has 1 N–H and O–H groups in total. The Balaban J connectivity index is 1.69. The molecule has 1 amide bonds. The predicted octanol–water partition coefficient (Wildman–Crippen LogP) is 4.69. The minimum atomic E-state index is -0.516. The van der Waals surface area contributed by atoms with Crippen molar-refractivity contribution in [2.75, 3.05) is 0 Å².